The summed E-state index contributed by atoms with van der Waals surface area (Å²) in [5.74, 6) is 0.0538. The predicted molar refractivity (Wildman–Crippen MR) is 120 cm³/mol. The van der Waals surface area contributed by atoms with Crippen LogP contribution in [0.1, 0.15) is 40.8 Å². The van der Waals surface area contributed by atoms with Gasteiger partial charge in [-0.25, -0.2) is 14.4 Å². The Morgan fingerprint density at radius 1 is 1.23 bits per heavy atom. The maximum absolute atomic E-state index is 13.5. The van der Waals surface area contributed by atoms with Crippen LogP contribution in [-0.2, 0) is 0 Å². The average Bonchev–Trinajstić information content (AvgIpc) is 3.14. The average molecular weight is 441 g/mol. The van der Waals surface area contributed by atoms with Crippen molar-refractivity contribution >= 4 is 22.9 Å². The summed E-state index contributed by atoms with van der Waals surface area (Å²) >= 11 is 1.44. The first-order valence-corrected chi connectivity index (χ1v) is 11.1. The number of rotatable bonds is 4. The summed E-state index contributed by atoms with van der Waals surface area (Å²) < 4.78 is 19.5. The van der Waals surface area contributed by atoms with Crippen LogP contribution in [-0.4, -0.2) is 39.5 Å². The summed E-state index contributed by atoms with van der Waals surface area (Å²) in [6.07, 6.45) is 3.08. The molecule has 0 radical (unpaired) electrons. The lowest BCUT2D eigenvalue weighted by molar-refractivity contribution is 0.0367. The molecule has 2 atom stereocenters. The molecule has 1 aliphatic rings. The van der Waals surface area contributed by atoms with Crippen LogP contribution in [0.25, 0.3) is 10.4 Å². The molecular formula is C23H25FN4O2S. The normalized spacial score (nSPS) is 18.8. The number of amides is 1. The molecule has 3 heterocycles. The van der Waals surface area contributed by atoms with Gasteiger partial charge >= 0.3 is 0 Å². The Kier molecular flexibility index (Phi) is 5.91. The highest BCUT2D eigenvalue weighted by Gasteiger charge is 2.33. The van der Waals surface area contributed by atoms with Crippen molar-refractivity contribution in [1.82, 2.24) is 14.9 Å². The molecule has 4 rings (SSSR count). The highest BCUT2D eigenvalue weighted by molar-refractivity contribution is 7.15. The Balaban J connectivity index is 1.58. The minimum atomic E-state index is -0.312. The van der Waals surface area contributed by atoms with Gasteiger partial charge in [0.05, 0.1) is 16.4 Å². The first-order valence-electron chi connectivity index (χ1n) is 10.3. The van der Waals surface area contributed by atoms with Crippen LogP contribution in [0.3, 0.4) is 0 Å². The quantitative estimate of drug-likeness (QED) is 0.640. The van der Waals surface area contributed by atoms with E-state index in [1.165, 1.54) is 23.5 Å². The zero-order valence-corrected chi connectivity index (χ0v) is 18.6. The predicted octanol–water partition coefficient (Wildman–Crippen LogP) is 4.62. The van der Waals surface area contributed by atoms with Crippen LogP contribution in [0, 0.1) is 19.7 Å². The number of carbonyl (C=O) groups is 1. The smallest absolute Gasteiger partial charge is 0.274 e. The van der Waals surface area contributed by atoms with Gasteiger partial charge in [-0.15, -0.1) is 11.3 Å². The van der Waals surface area contributed by atoms with Crippen molar-refractivity contribution in [2.75, 3.05) is 12.3 Å². The van der Waals surface area contributed by atoms with Gasteiger partial charge in [-0.1, -0.05) is 12.1 Å². The summed E-state index contributed by atoms with van der Waals surface area (Å²) in [6, 6.07) is 7.95. The molecule has 3 aromatic rings. The van der Waals surface area contributed by atoms with E-state index in [4.69, 9.17) is 10.5 Å². The lowest BCUT2D eigenvalue weighted by Gasteiger charge is -2.37. The number of nitrogens with zero attached hydrogens (tertiary/aromatic N) is 3. The Hall–Kier alpha value is -3.00. The number of hydrogen-bond acceptors (Lipinski definition) is 6. The number of anilines is 1. The molecule has 2 unspecified atom stereocenters. The van der Waals surface area contributed by atoms with E-state index in [0.717, 1.165) is 33.9 Å². The van der Waals surface area contributed by atoms with Gasteiger partial charge in [0.25, 0.3) is 5.91 Å². The standard InChI is InChI=1S/C23H25FN4O2S/c1-13-4-9-18(30-22-14(2)19(25)10-11-26-22)12-28(13)23(29)20-21(31-15(3)27-20)16-5-7-17(24)8-6-16/h5-8,10-11,13,18H,4,9,12H2,1-3H3,(H2,25,26). The van der Waals surface area contributed by atoms with Crippen LogP contribution in [0.2, 0.25) is 0 Å². The van der Waals surface area contributed by atoms with Crippen molar-refractivity contribution in [2.45, 2.75) is 45.8 Å². The number of aryl methyl sites for hydroxylation is 1. The van der Waals surface area contributed by atoms with Crippen molar-refractivity contribution in [2.24, 2.45) is 0 Å². The number of likely N-dealkylation sites (tertiary alicyclic amines) is 1. The van der Waals surface area contributed by atoms with E-state index in [2.05, 4.69) is 9.97 Å². The topological polar surface area (TPSA) is 81.3 Å². The molecular weight excluding hydrogens is 415 g/mol. The second-order valence-electron chi connectivity index (χ2n) is 7.87. The van der Waals surface area contributed by atoms with Gasteiger partial charge in [0, 0.05) is 23.5 Å². The zero-order valence-electron chi connectivity index (χ0n) is 17.8. The molecule has 1 aromatic carbocycles. The van der Waals surface area contributed by atoms with E-state index in [1.807, 2.05) is 25.7 Å². The molecule has 0 aliphatic carbocycles. The van der Waals surface area contributed by atoms with Gasteiger partial charge in [0.1, 0.15) is 17.6 Å². The number of pyridine rings is 1. The highest BCUT2D eigenvalue weighted by Crippen LogP contribution is 2.33. The molecule has 2 aromatic heterocycles. The van der Waals surface area contributed by atoms with Crippen LogP contribution in [0.5, 0.6) is 5.88 Å². The third-order valence-electron chi connectivity index (χ3n) is 5.62. The van der Waals surface area contributed by atoms with Crippen LogP contribution in [0.15, 0.2) is 36.5 Å². The number of benzene rings is 1. The summed E-state index contributed by atoms with van der Waals surface area (Å²) in [6.45, 7) is 6.22. The maximum atomic E-state index is 13.5. The van der Waals surface area contributed by atoms with Gasteiger partial charge in [-0.2, -0.15) is 0 Å². The van der Waals surface area contributed by atoms with Crippen molar-refractivity contribution in [3.63, 3.8) is 0 Å². The molecule has 2 N–H and O–H groups in total. The molecule has 1 amide bonds. The first kappa shape index (κ1) is 21.2. The van der Waals surface area contributed by atoms with E-state index in [0.29, 0.717) is 23.8 Å². The lowest BCUT2D eigenvalue weighted by Crippen LogP contribution is -2.49. The number of hydrogen-bond donors (Lipinski definition) is 1. The Morgan fingerprint density at radius 3 is 2.71 bits per heavy atom. The third-order valence-corrected chi connectivity index (χ3v) is 6.64. The molecule has 8 heteroatoms. The number of piperidine rings is 1. The van der Waals surface area contributed by atoms with E-state index in [1.54, 1.807) is 24.4 Å². The van der Waals surface area contributed by atoms with Gasteiger partial charge in [0.2, 0.25) is 5.88 Å². The fraction of sp³-hybridized carbons (Fsp3) is 0.348. The highest BCUT2D eigenvalue weighted by atomic mass is 32.1. The number of carbonyl (C=O) groups excluding carboxylic acids is 1. The largest absolute Gasteiger partial charge is 0.472 e. The van der Waals surface area contributed by atoms with E-state index >= 15 is 0 Å². The lowest BCUT2D eigenvalue weighted by atomic mass is 10.00. The number of nitrogen functional groups attached to an aromatic ring is 1. The maximum Gasteiger partial charge on any atom is 0.274 e. The first-order chi connectivity index (χ1) is 14.8. The Labute approximate surface area is 184 Å². The second-order valence-corrected chi connectivity index (χ2v) is 9.07. The molecule has 31 heavy (non-hydrogen) atoms. The Bertz CT molecular complexity index is 1100. The zero-order chi connectivity index (χ0) is 22.1. The summed E-state index contributed by atoms with van der Waals surface area (Å²) in [5.41, 5.74) is 8.58. The van der Waals surface area contributed by atoms with E-state index in [-0.39, 0.29) is 23.9 Å². The summed E-state index contributed by atoms with van der Waals surface area (Å²) in [7, 11) is 0. The second kappa shape index (κ2) is 8.63. The van der Waals surface area contributed by atoms with Crippen molar-refractivity contribution in [3.8, 4) is 16.3 Å². The van der Waals surface area contributed by atoms with Crippen LogP contribution < -0.4 is 10.5 Å². The molecule has 0 bridgehead atoms. The number of nitrogens with two attached hydrogens (primary N) is 1. The summed E-state index contributed by atoms with van der Waals surface area (Å²) in [4.78, 5) is 24.9. The summed E-state index contributed by atoms with van der Waals surface area (Å²) in [5, 5.41) is 0.791. The molecule has 1 saturated heterocycles. The van der Waals surface area contributed by atoms with Crippen LogP contribution >= 0.6 is 11.3 Å². The van der Waals surface area contributed by atoms with Gasteiger partial charge in [-0.3, -0.25) is 4.79 Å². The third kappa shape index (κ3) is 4.39. The number of halogens is 1. The molecule has 0 spiro atoms. The van der Waals surface area contributed by atoms with E-state index < -0.39 is 0 Å². The fourth-order valence-electron chi connectivity index (χ4n) is 3.77. The minimum Gasteiger partial charge on any atom is -0.472 e. The SMILES string of the molecule is Cc1nc(C(=O)N2CC(Oc3nccc(N)c3C)CCC2C)c(-c2ccc(F)cc2)s1. The van der Waals surface area contributed by atoms with Gasteiger partial charge in [-0.05, 0) is 57.4 Å². The van der Waals surface area contributed by atoms with Crippen molar-refractivity contribution < 1.29 is 13.9 Å². The van der Waals surface area contributed by atoms with Crippen LogP contribution in [0.4, 0.5) is 10.1 Å². The fourth-order valence-corrected chi connectivity index (χ4v) is 4.68. The van der Waals surface area contributed by atoms with Gasteiger partial charge in [0.15, 0.2) is 0 Å². The molecule has 162 valence electrons. The molecule has 1 aliphatic heterocycles. The number of aromatic nitrogens is 2. The molecule has 0 saturated carbocycles. The number of ether oxygens (including phenoxy) is 1. The minimum absolute atomic E-state index is 0.0605. The monoisotopic (exact) mass is 440 g/mol. The Morgan fingerprint density at radius 2 is 1.97 bits per heavy atom. The van der Waals surface area contributed by atoms with Crippen molar-refractivity contribution in [3.05, 3.63) is 58.6 Å². The van der Waals surface area contributed by atoms with E-state index in [9.17, 15) is 9.18 Å². The molecule has 1 fully saturated rings. The number of thiazole rings is 1. The van der Waals surface area contributed by atoms with Crippen molar-refractivity contribution in [1.29, 1.82) is 0 Å². The molecule has 6 nitrogen and oxygen atoms in total. The van der Waals surface area contributed by atoms with Gasteiger partial charge < -0.3 is 15.4 Å².